The molecule has 8 nitrogen and oxygen atoms in total. The molecule has 17 heavy (non-hydrogen) atoms. The van der Waals surface area contributed by atoms with E-state index in [0.717, 1.165) is 0 Å². The number of nitrogen functional groups attached to an aromatic ring is 1. The fourth-order valence-corrected chi connectivity index (χ4v) is 1.69. The number of nitrogens with zero attached hydrogens (tertiary/aromatic N) is 3. The predicted molar refractivity (Wildman–Crippen MR) is 54.4 cm³/mol. The number of aliphatic hydroxyl groups is 3. The molecule has 0 aliphatic carbocycles. The summed E-state index contributed by atoms with van der Waals surface area (Å²) >= 11 is 0. The van der Waals surface area contributed by atoms with E-state index in [1.54, 1.807) is 6.07 Å². The smallest absolute Gasteiger partial charge is 0.182 e. The molecule has 1 saturated heterocycles. The maximum atomic E-state index is 9.75. The standard InChI is InChI=1S/C9H12N4O4/c10-1-4-8(11)13(3-12-4)9-7(16)6(15)5(14)2-17-9/h3,5-7,9,14-16H,2,11H2/t5-,6-,7-,9-/m1/s1. The first-order valence-electron chi connectivity index (χ1n) is 4.94. The summed E-state index contributed by atoms with van der Waals surface area (Å²) in [5.41, 5.74) is 5.64. The number of aromatic nitrogens is 2. The average molecular weight is 240 g/mol. The lowest BCUT2D eigenvalue weighted by Gasteiger charge is -2.35. The summed E-state index contributed by atoms with van der Waals surface area (Å²) in [5, 5.41) is 37.2. The zero-order chi connectivity index (χ0) is 12.6. The van der Waals surface area contributed by atoms with Gasteiger partial charge in [-0.1, -0.05) is 0 Å². The first-order valence-corrected chi connectivity index (χ1v) is 4.94. The highest BCUT2D eigenvalue weighted by atomic mass is 16.5. The number of nitriles is 1. The summed E-state index contributed by atoms with van der Waals surface area (Å²) in [6.45, 7) is -0.137. The van der Waals surface area contributed by atoms with Crippen LogP contribution in [0, 0.1) is 11.3 Å². The van der Waals surface area contributed by atoms with Gasteiger partial charge in [-0.05, 0) is 0 Å². The largest absolute Gasteiger partial charge is 0.388 e. The second-order valence-electron chi connectivity index (χ2n) is 3.77. The van der Waals surface area contributed by atoms with Crippen LogP contribution in [0.5, 0.6) is 0 Å². The van der Waals surface area contributed by atoms with Crippen molar-refractivity contribution in [3.8, 4) is 6.07 Å². The van der Waals surface area contributed by atoms with Gasteiger partial charge in [-0.15, -0.1) is 0 Å². The second-order valence-corrected chi connectivity index (χ2v) is 3.77. The van der Waals surface area contributed by atoms with Crippen LogP contribution < -0.4 is 5.73 Å². The van der Waals surface area contributed by atoms with Crippen LogP contribution in [0.15, 0.2) is 6.33 Å². The maximum Gasteiger partial charge on any atom is 0.182 e. The number of hydrogen-bond donors (Lipinski definition) is 4. The molecule has 0 radical (unpaired) electrons. The van der Waals surface area contributed by atoms with Crippen molar-refractivity contribution in [2.45, 2.75) is 24.5 Å². The molecule has 0 amide bonds. The lowest BCUT2D eigenvalue weighted by molar-refractivity contribution is -0.210. The van der Waals surface area contributed by atoms with Gasteiger partial charge >= 0.3 is 0 Å². The fraction of sp³-hybridized carbons (Fsp3) is 0.556. The quantitative estimate of drug-likeness (QED) is 0.443. The molecule has 0 saturated carbocycles. The van der Waals surface area contributed by atoms with E-state index < -0.39 is 24.5 Å². The van der Waals surface area contributed by atoms with Gasteiger partial charge in [0.25, 0.3) is 0 Å². The van der Waals surface area contributed by atoms with Gasteiger partial charge in [0.15, 0.2) is 11.9 Å². The highest BCUT2D eigenvalue weighted by Crippen LogP contribution is 2.27. The predicted octanol–water partition coefficient (Wildman–Crippen LogP) is -2.05. The van der Waals surface area contributed by atoms with Crippen LogP contribution >= 0.6 is 0 Å². The summed E-state index contributed by atoms with van der Waals surface area (Å²) in [6, 6.07) is 1.78. The van der Waals surface area contributed by atoms with E-state index >= 15 is 0 Å². The van der Waals surface area contributed by atoms with Crippen LogP contribution in [0.25, 0.3) is 0 Å². The molecule has 5 N–H and O–H groups in total. The van der Waals surface area contributed by atoms with Crippen molar-refractivity contribution in [1.29, 1.82) is 5.26 Å². The van der Waals surface area contributed by atoms with Crippen LogP contribution in [-0.2, 0) is 4.74 Å². The first-order chi connectivity index (χ1) is 8.06. The van der Waals surface area contributed by atoms with Gasteiger partial charge in [0.05, 0.1) is 6.61 Å². The van der Waals surface area contributed by atoms with Gasteiger partial charge in [0.1, 0.15) is 36.5 Å². The topological polar surface area (TPSA) is 138 Å². The minimum Gasteiger partial charge on any atom is -0.388 e. The van der Waals surface area contributed by atoms with Crippen molar-refractivity contribution in [2.75, 3.05) is 12.3 Å². The summed E-state index contributed by atoms with van der Waals surface area (Å²) < 4.78 is 6.42. The Morgan fingerprint density at radius 3 is 2.76 bits per heavy atom. The molecule has 0 bridgehead atoms. The normalized spacial score (nSPS) is 33.3. The molecule has 0 unspecified atom stereocenters. The molecular weight excluding hydrogens is 228 g/mol. The van der Waals surface area contributed by atoms with Gasteiger partial charge in [-0.3, -0.25) is 4.57 Å². The molecule has 1 aliphatic heterocycles. The van der Waals surface area contributed by atoms with E-state index in [1.807, 2.05) is 0 Å². The summed E-state index contributed by atoms with van der Waals surface area (Å²) in [6.07, 6.45) is -3.56. The van der Waals surface area contributed by atoms with Crippen LogP contribution in [0.2, 0.25) is 0 Å². The average Bonchev–Trinajstić information content (AvgIpc) is 2.68. The molecule has 1 aromatic heterocycles. The molecule has 1 fully saturated rings. The Labute approximate surface area is 96.5 Å². The fourth-order valence-electron chi connectivity index (χ4n) is 1.69. The maximum absolute atomic E-state index is 9.75. The number of rotatable bonds is 1. The van der Waals surface area contributed by atoms with Crippen molar-refractivity contribution < 1.29 is 20.1 Å². The number of ether oxygens (including phenoxy) is 1. The van der Waals surface area contributed by atoms with Crippen molar-refractivity contribution >= 4 is 5.82 Å². The third kappa shape index (κ3) is 1.85. The lowest BCUT2D eigenvalue weighted by atomic mass is 10.0. The monoisotopic (exact) mass is 240 g/mol. The Balaban J connectivity index is 2.28. The van der Waals surface area contributed by atoms with Crippen molar-refractivity contribution in [1.82, 2.24) is 9.55 Å². The zero-order valence-electron chi connectivity index (χ0n) is 8.76. The highest BCUT2D eigenvalue weighted by Gasteiger charge is 2.39. The number of imidazole rings is 1. The van der Waals surface area contributed by atoms with Crippen LogP contribution in [0.3, 0.4) is 0 Å². The van der Waals surface area contributed by atoms with Gasteiger partial charge in [0.2, 0.25) is 0 Å². The van der Waals surface area contributed by atoms with Gasteiger partial charge in [-0.25, -0.2) is 4.98 Å². The SMILES string of the molecule is N#Cc1ncn([C@@H]2OC[C@@H](O)[C@@H](O)[C@H]2O)c1N. The Bertz CT molecular complexity index is 454. The number of hydrogen-bond acceptors (Lipinski definition) is 7. The van der Waals surface area contributed by atoms with E-state index in [9.17, 15) is 15.3 Å². The summed E-state index contributed by atoms with van der Waals surface area (Å²) in [4.78, 5) is 3.73. The Kier molecular flexibility index (Phi) is 2.99. The highest BCUT2D eigenvalue weighted by molar-refractivity contribution is 5.44. The Morgan fingerprint density at radius 2 is 2.18 bits per heavy atom. The third-order valence-corrected chi connectivity index (χ3v) is 2.69. The van der Waals surface area contributed by atoms with Crippen LogP contribution in [0.1, 0.15) is 11.9 Å². The molecule has 4 atom stereocenters. The molecule has 92 valence electrons. The molecule has 1 aliphatic rings. The minimum atomic E-state index is -1.35. The van der Waals surface area contributed by atoms with E-state index in [4.69, 9.17) is 15.7 Å². The van der Waals surface area contributed by atoms with E-state index in [0.29, 0.717) is 0 Å². The van der Waals surface area contributed by atoms with E-state index in [2.05, 4.69) is 4.98 Å². The molecule has 2 heterocycles. The van der Waals surface area contributed by atoms with Gasteiger partial charge in [0, 0.05) is 0 Å². The van der Waals surface area contributed by atoms with Crippen molar-refractivity contribution in [3.05, 3.63) is 12.0 Å². The van der Waals surface area contributed by atoms with Gasteiger partial charge in [-0.2, -0.15) is 5.26 Å². The lowest BCUT2D eigenvalue weighted by Crippen LogP contribution is -2.50. The van der Waals surface area contributed by atoms with Crippen molar-refractivity contribution in [3.63, 3.8) is 0 Å². The Morgan fingerprint density at radius 1 is 1.47 bits per heavy atom. The molecule has 0 spiro atoms. The summed E-state index contributed by atoms with van der Waals surface area (Å²) in [7, 11) is 0. The molecule has 1 aromatic rings. The first kappa shape index (κ1) is 11.8. The molecule has 8 heteroatoms. The van der Waals surface area contributed by atoms with Crippen molar-refractivity contribution in [2.24, 2.45) is 0 Å². The summed E-state index contributed by atoms with van der Waals surface area (Å²) in [5.74, 6) is 0.0418. The number of aliphatic hydroxyl groups excluding tert-OH is 3. The number of nitrogens with two attached hydrogens (primary N) is 1. The molecule has 0 aromatic carbocycles. The second kappa shape index (κ2) is 4.31. The van der Waals surface area contributed by atoms with Crippen LogP contribution in [-0.4, -0.2) is 49.8 Å². The molecule has 2 rings (SSSR count). The van der Waals surface area contributed by atoms with E-state index in [-0.39, 0.29) is 18.1 Å². The zero-order valence-corrected chi connectivity index (χ0v) is 8.76. The number of anilines is 1. The third-order valence-electron chi connectivity index (χ3n) is 2.69. The Hall–Kier alpha value is -1.66. The molecular formula is C9H12N4O4. The van der Waals surface area contributed by atoms with Gasteiger partial charge < -0.3 is 25.8 Å². The van der Waals surface area contributed by atoms with Crippen LogP contribution in [0.4, 0.5) is 5.82 Å². The minimum absolute atomic E-state index is 0.0152. The van der Waals surface area contributed by atoms with E-state index in [1.165, 1.54) is 10.9 Å².